The van der Waals surface area contributed by atoms with Gasteiger partial charge in [-0.2, -0.15) is 0 Å². The standard InChI is InChI=1S/C14H15N3O2S/c1-19-10-4-2-9(3-5-10)13(18)17-14-16-11-6-7-15-8-12(11)20-14/h2-5,15H,6-8H2,1H3,(H,16,17,18). The predicted octanol–water partition coefficient (Wildman–Crippen LogP) is 2.05. The summed E-state index contributed by atoms with van der Waals surface area (Å²) in [6, 6.07) is 7.02. The number of fused-ring (bicyclic) bond motifs is 1. The summed E-state index contributed by atoms with van der Waals surface area (Å²) in [6.07, 6.45) is 0.921. The molecule has 1 amide bonds. The van der Waals surface area contributed by atoms with E-state index in [-0.39, 0.29) is 5.91 Å². The second-order valence-electron chi connectivity index (χ2n) is 4.50. The molecule has 1 aromatic heterocycles. The van der Waals surface area contributed by atoms with Crippen molar-refractivity contribution < 1.29 is 9.53 Å². The molecule has 5 nitrogen and oxygen atoms in total. The Morgan fingerprint density at radius 1 is 1.40 bits per heavy atom. The van der Waals surface area contributed by atoms with E-state index in [2.05, 4.69) is 15.6 Å². The third-order valence-corrected chi connectivity index (χ3v) is 4.19. The molecule has 6 heteroatoms. The molecule has 0 saturated carbocycles. The van der Waals surface area contributed by atoms with Gasteiger partial charge in [-0.15, -0.1) is 11.3 Å². The van der Waals surface area contributed by atoms with Crippen LogP contribution >= 0.6 is 11.3 Å². The molecule has 0 radical (unpaired) electrons. The minimum absolute atomic E-state index is 0.147. The Labute approximate surface area is 121 Å². The summed E-state index contributed by atoms with van der Waals surface area (Å²) in [7, 11) is 1.60. The van der Waals surface area contributed by atoms with E-state index in [0.717, 1.165) is 31.0 Å². The molecule has 104 valence electrons. The fraction of sp³-hybridized carbons (Fsp3) is 0.286. The van der Waals surface area contributed by atoms with Crippen molar-refractivity contribution in [2.45, 2.75) is 13.0 Å². The van der Waals surface area contributed by atoms with E-state index in [1.807, 2.05) is 0 Å². The lowest BCUT2D eigenvalue weighted by Crippen LogP contribution is -2.22. The van der Waals surface area contributed by atoms with Gasteiger partial charge in [0.05, 0.1) is 12.8 Å². The van der Waals surface area contributed by atoms with Crippen molar-refractivity contribution in [3.05, 3.63) is 40.4 Å². The summed E-state index contributed by atoms with van der Waals surface area (Å²) >= 11 is 1.54. The number of hydrogen-bond donors (Lipinski definition) is 2. The van der Waals surface area contributed by atoms with Gasteiger partial charge in [0, 0.05) is 30.0 Å². The van der Waals surface area contributed by atoms with Crippen LogP contribution in [0.15, 0.2) is 24.3 Å². The van der Waals surface area contributed by atoms with Gasteiger partial charge in [-0.3, -0.25) is 10.1 Å². The van der Waals surface area contributed by atoms with Gasteiger partial charge in [-0.1, -0.05) is 0 Å². The third-order valence-electron chi connectivity index (χ3n) is 3.18. The van der Waals surface area contributed by atoms with Crippen molar-refractivity contribution in [2.75, 3.05) is 19.0 Å². The molecule has 2 aromatic rings. The van der Waals surface area contributed by atoms with Crippen LogP contribution in [0.5, 0.6) is 5.75 Å². The zero-order valence-corrected chi connectivity index (χ0v) is 11.9. The van der Waals surface area contributed by atoms with Gasteiger partial charge in [-0.05, 0) is 24.3 Å². The Balaban J connectivity index is 1.73. The molecular formula is C14H15N3O2S. The zero-order valence-electron chi connectivity index (χ0n) is 11.1. The summed E-state index contributed by atoms with van der Waals surface area (Å²) in [5.41, 5.74) is 1.69. The smallest absolute Gasteiger partial charge is 0.257 e. The quantitative estimate of drug-likeness (QED) is 0.908. The predicted molar refractivity (Wildman–Crippen MR) is 78.5 cm³/mol. The SMILES string of the molecule is COc1ccc(C(=O)Nc2nc3c(s2)CNCC3)cc1. The molecule has 0 atom stereocenters. The molecule has 1 aliphatic heterocycles. The van der Waals surface area contributed by atoms with E-state index in [1.165, 1.54) is 16.2 Å². The van der Waals surface area contributed by atoms with Crippen LogP contribution in [0.3, 0.4) is 0 Å². The molecule has 0 unspecified atom stereocenters. The van der Waals surface area contributed by atoms with Gasteiger partial charge in [0.25, 0.3) is 5.91 Å². The van der Waals surface area contributed by atoms with E-state index in [0.29, 0.717) is 10.7 Å². The number of ether oxygens (including phenoxy) is 1. The number of hydrogen-bond acceptors (Lipinski definition) is 5. The van der Waals surface area contributed by atoms with Crippen LogP contribution in [0.4, 0.5) is 5.13 Å². The van der Waals surface area contributed by atoms with Crippen LogP contribution in [0.1, 0.15) is 20.9 Å². The number of carbonyl (C=O) groups is 1. The van der Waals surface area contributed by atoms with E-state index in [1.54, 1.807) is 31.4 Å². The van der Waals surface area contributed by atoms with Crippen molar-refractivity contribution in [3.8, 4) is 5.75 Å². The highest BCUT2D eigenvalue weighted by Gasteiger charge is 2.16. The second kappa shape index (κ2) is 5.60. The average molecular weight is 289 g/mol. The van der Waals surface area contributed by atoms with Crippen molar-refractivity contribution >= 4 is 22.4 Å². The first-order valence-corrected chi connectivity index (χ1v) is 7.22. The summed E-state index contributed by atoms with van der Waals surface area (Å²) in [5, 5.41) is 6.81. The Kier molecular flexibility index (Phi) is 3.66. The lowest BCUT2D eigenvalue weighted by Gasteiger charge is -2.09. The van der Waals surface area contributed by atoms with E-state index >= 15 is 0 Å². The highest BCUT2D eigenvalue weighted by atomic mass is 32.1. The molecular weight excluding hydrogens is 274 g/mol. The minimum Gasteiger partial charge on any atom is -0.497 e. The lowest BCUT2D eigenvalue weighted by molar-refractivity contribution is 0.102. The number of anilines is 1. The lowest BCUT2D eigenvalue weighted by atomic mass is 10.2. The number of thiazole rings is 1. The van der Waals surface area contributed by atoms with Gasteiger partial charge in [0.2, 0.25) is 0 Å². The average Bonchev–Trinajstić information content (AvgIpc) is 2.89. The maximum Gasteiger partial charge on any atom is 0.257 e. The number of carbonyl (C=O) groups excluding carboxylic acids is 1. The number of rotatable bonds is 3. The molecule has 0 saturated heterocycles. The molecule has 0 aliphatic carbocycles. The molecule has 3 rings (SSSR count). The molecule has 0 spiro atoms. The molecule has 2 heterocycles. The maximum atomic E-state index is 12.1. The fourth-order valence-electron chi connectivity index (χ4n) is 2.09. The van der Waals surface area contributed by atoms with Crippen molar-refractivity contribution in [1.82, 2.24) is 10.3 Å². The van der Waals surface area contributed by atoms with Crippen LogP contribution in [0.2, 0.25) is 0 Å². The largest absolute Gasteiger partial charge is 0.497 e. The highest BCUT2D eigenvalue weighted by Crippen LogP contribution is 2.25. The van der Waals surface area contributed by atoms with Crippen LogP contribution in [0.25, 0.3) is 0 Å². The first-order chi connectivity index (χ1) is 9.76. The van der Waals surface area contributed by atoms with Gasteiger partial charge in [-0.25, -0.2) is 4.98 Å². The number of nitrogens with zero attached hydrogens (tertiary/aromatic N) is 1. The monoisotopic (exact) mass is 289 g/mol. The maximum absolute atomic E-state index is 12.1. The summed E-state index contributed by atoms with van der Waals surface area (Å²) in [5.74, 6) is 0.587. The van der Waals surface area contributed by atoms with Crippen molar-refractivity contribution in [2.24, 2.45) is 0 Å². The number of amides is 1. The van der Waals surface area contributed by atoms with Crippen molar-refractivity contribution in [1.29, 1.82) is 0 Å². The normalized spacial score (nSPS) is 13.7. The molecule has 20 heavy (non-hydrogen) atoms. The van der Waals surface area contributed by atoms with E-state index < -0.39 is 0 Å². The van der Waals surface area contributed by atoms with Crippen LogP contribution < -0.4 is 15.4 Å². The van der Waals surface area contributed by atoms with E-state index in [4.69, 9.17) is 4.74 Å². The van der Waals surface area contributed by atoms with E-state index in [9.17, 15) is 4.79 Å². The number of benzene rings is 1. The molecule has 2 N–H and O–H groups in total. The van der Waals surface area contributed by atoms with Crippen LogP contribution in [-0.4, -0.2) is 24.5 Å². The third kappa shape index (κ3) is 2.66. The second-order valence-corrected chi connectivity index (χ2v) is 5.58. The minimum atomic E-state index is -0.147. The molecule has 0 fully saturated rings. The first kappa shape index (κ1) is 13.1. The van der Waals surface area contributed by atoms with Crippen LogP contribution in [0, 0.1) is 0 Å². The number of methoxy groups -OCH3 is 1. The number of aromatic nitrogens is 1. The molecule has 1 aromatic carbocycles. The Hall–Kier alpha value is -1.92. The summed E-state index contributed by atoms with van der Waals surface area (Å²) in [6.45, 7) is 1.79. The Morgan fingerprint density at radius 3 is 2.90 bits per heavy atom. The first-order valence-electron chi connectivity index (χ1n) is 6.41. The fourth-order valence-corrected chi connectivity index (χ4v) is 3.06. The van der Waals surface area contributed by atoms with Gasteiger partial charge >= 0.3 is 0 Å². The van der Waals surface area contributed by atoms with Gasteiger partial charge in [0.1, 0.15) is 5.75 Å². The zero-order chi connectivity index (χ0) is 13.9. The highest BCUT2D eigenvalue weighted by molar-refractivity contribution is 7.15. The molecule has 1 aliphatic rings. The van der Waals surface area contributed by atoms with Gasteiger partial charge < -0.3 is 10.1 Å². The van der Waals surface area contributed by atoms with Gasteiger partial charge in [0.15, 0.2) is 5.13 Å². The summed E-state index contributed by atoms with van der Waals surface area (Å²) in [4.78, 5) is 17.8. The Bertz CT molecular complexity index is 598. The number of nitrogens with one attached hydrogen (secondary N) is 2. The molecule has 0 bridgehead atoms. The van der Waals surface area contributed by atoms with Crippen LogP contribution in [-0.2, 0) is 13.0 Å². The Morgan fingerprint density at radius 2 is 2.20 bits per heavy atom. The van der Waals surface area contributed by atoms with Crippen molar-refractivity contribution in [3.63, 3.8) is 0 Å². The summed E-state index contributed by atoms with van der Waals surface area (Å²) < 4.78 is 5.07. The topological polar surface area (TPSA) is 63.2 Å².